The highest BCUT2D eigenvalue weighted by atomic mass is 16.5. The Bertz CT molecular complexity index is 566. The number of carbonyl (C=O) groups is 2. The lowest BCUT2D eigenvalue weighted by molar-refractivity contribution is -0.139. The largest absolute Gasteiger partial charge is 0.493 e. The minimum atomic E-state index is -1.05. The molecule has 1 saturated carbocycles. The van der Waals surface area contributed by atoms with Crippen LogP contribution >= 0.6 is 0 Å². The summed E-state index contributed by atoms with van der Waals surface area (Å²) in [5, 5.41) is 11.5. The Morgan fingerprint density at radius 1 is 1.30 bits per heavy atom. The topological polar surface area (TPSA) is 84.9 Å². The van der Waals surface area contributed by atoms with E-state index in [1.165, 1.54) is 20.0 Å². The van der Waals surface area contributed by atoms with Gasteiger partial charge >= 0.3 is 5.97 Å². The van der Waals surface area contributed by atoms with Crippen molar-refractivity contribution in [2.45, 2.75) is 51.2 Å². The minimum Gasteiger partial charge on any atom is -0.493 e. The summed E-state index contributed by atoms with van der Waals surface area (Å²) in [6, 6.07) is 4.00. The van der Waals surface area contributed by atoms with Gasteiger partial charge in [-0.25, -0.2) is 4.79 Å². The van der Waals surface area contributed by atoms with Crippen LogP contribution in [0.1, 0.15) is 49.4 Å². The number of hydrogen-bond acceptors (Lipinski definition) is 4. The van der Waals surface area contributed by atoms with E-state index in [0.29, 0.717) is 23.5 Å². The van der Waals surface area contributed by atoms with Crippen molar-refractivity contribution in [2.24, 2.45) is 0 Å². The lowest BCUT2D eigenvalue weighted by Gasteiger charge is -2.17. The van der Waals surface area contributed by atoms with Gasteiger partial charge in [0.25, 0.3) is 5.91 Å². The molecule has 0 heterocycles. The Hall–Kier alpha value is -2.24. The van der Waals surface area contributed by atoms with Crippen LogP contribution in [0.2, 0.25) is 0 Å². The predicted octanol–water partition coefficient (Wildman–Crippen LogP) is 2.61. The number of carboxylic acids is 1. The van der Waals surface area contributed by atoms with Gasteiger partial charge in [-0.1, -0.05) is 6.92 Å². The molecule has 0 saturated heterocycles. The van der Waals surface area contributed by atoms with E-state index in [2.05, 4.69) is 5.32 Å². The number of amides is 1. The molecule has 0 aliphatic heterocycles. The zero-order chi connectivity index (χ0) is 16.8. The number of hydrogen-bond donors (Lipinski definition) is 2. The lowest BCUT2D eigenvalue weighted by atomic mass is 10.1. The second-order valence-electron chi connectivity index (χ2n) is 5.66. The van der Waals surface area contributed by atoms with Gasteiger partial charge in [0.2, 0.25) is 0 Å². The van der Waals surface area contributed by atoms with Crippen molar-refractivity contribution in [1.82, 2.24) is 5.32 Å². The average molecular weight is 321 g/mol. The van der Waals surface area contributed by atoms with Gasteiger partial charge < -0.3 is 19.9 Å². The lowest BCUT2D eigenvalue weighted by Crippen LogP contribution is -2.40. The van der Waals surface area contributed by atoms with E-state index in [1.54, 1.807) is 25.1 Å². The predicted molar refractivity (Wildman–Crippen MR) is 85.1 cm³/mol. The van der Waals surface area contributed by atoms with Crippen molar-refractivity contribution in [3.8, 4) is 11.5 Å². The van der Waals surface area contributed by atoms with E-state index in [0.717, 1.165) is 12.8 Å². The van der Waals surface area contributed by atoms with Crippen LogP contribution in [-0.4, -0.2) is 36.2 Å². The molecule has 1 unspecified atom stereocenters. The van der Waals surface area contributed by atoms with Gasteiger partial charge in [0.1, 0.15) is 6.04 Å². The summed E-state index contributed by atoms with van der Waals surface area (Å²) in [4.78, 5) is 23.2. The third-order valence-electron chi connectivity index (χ3n) is 4.03. The molecule has 1 amide bonds. The number of ether oxygens (including phenoxy) is 2. The number of methoxy groups -OCH3 is 1. The van der Waals surface area contributed by atoms with Crippen molar-refractivity contribution in [2.75, 3.05) is 7.11 Å². The fraction of sp³-hybridized carbons (Fsp3) is 0.529. The molecule has 1 aromatic carbocycles. The van der Waals surface area contributed by atoms with E-state index in [1.807, 2.05) is 0 Å². The molecule has 0 spiro atoms. The van der Waals surface area contributed by atoms with Crippen molar-refractivity contribution in [1.29, 1.82) is 0 Å². The summed E-state index contributed by atoms with van der Waals surface area (Å²) in [6.07, 6.45) is 4.91. The van der Waals surface area contributed by atoms with Crippen LogP contribution in [-0.2, 0) is 4.79 Å². The third-order valence-corrected chi connectivity index (χ3v) is 4.03. The number of aliphatic carboxylic acids is 1. The van der Waals surface area contributed by atoms with Gasteiger partial charge in [-0.3, -0.25) is 4.79 Å². The van der Waals surface area contributed by atoms with Crippen LogP contribution in [0.3, 0.4) is 0 Å². The highest BCUT2D eigenvalue weighted by Crippen LogP contribution is 2.32. The number of carboxylic acid groups (broad SMARTS) is 1. The SMILES string of the molecule is CCC(NC(=O)c1ccc(OC2CCCC2)c(OC)c1)C(=O)O. The molecular formula is C17H23NO5. The maximum atomic E-state index is 12.2. The molecule has 0 bridgehead atoms. The van der Waals surface area contributed by atoms with Gasteiger partial charge in [0.15, 0.2) is 11.5 Å². The Kier molecular flexibility index (Phi) is 5.84. The molecule has 2 N–H and O–H groups in total. The monoisotopic (exact) mass is 321 g/mol. The highest BCUT2D eigenvalue weighted by molar-refractivity contribution is 5.97. The molecule has 6 heteroatoms. The average Bonchev–Trinajstić information content (AvgIpc) is 3.05. The fourth-order valence-corrected chi connectivity index (χ4v) is 2.67. The van der Waals surface area contributed by atoms with E-state index in [9.17, 15) is 9.59 Å². The molecule has 1 aliphatic carbocycles. The molecule has 23 heavy (non-hydrogen) atoms. The first-order valence-corrected chi connectivity index (χ1v) is 7.93. The van der Waals surface area contributed by atoms with Gasteiger partial charge in [-0.05, 0) is 50.3 Å². The normalized spacial score (nSPS) is 15.9. The van der Waals surface area contributed by atoms with Crippen LogP contribution in [0.15, 0.2) is 18.2 Å². The molecule has 0 radical (unpaired) electrons. The summed E-state index contributed by atoms with van der Waals surface area (Å²) < 4.78 is 11.2. The Labute approximate surface area is 135 Å². The first-order chi connectivity index (χ1) is 11.0. The van der Waals surface area contributed by atoms with Gasteiger partial charge in [-0.15, -0.1) is 0 Å². The van der Waals surface area contributed by atoms with Crippen molar-refractivity contribution in [3.05, 3.63) is 23.8 Å². The first-order valence-electron chi connectivity index (χ1n) is 7.93. The second-order valence-corrected chi connectivity index (χ2v) is 5.66. The molecule has 1 fully saturated rings. The third kappa shape index (κ3) is 4.37. The van der Waals surface area contributed by atoms with Gasteiger partial charge in [0, 0.05) is 5.56 Å². The van der Waals surface area contributed by atoms with Crippen LogP contribution in [0.4, 0.5) is 0 Å². The Morgan fingerprint density at radius 2 is 2.00 bits per heavy atom. The quantitative estimate of drug-likeness (QED) is 0.806. The maximum absolute atomic E-state index is 12.2. The summed E-state index contributed by atoms with van der Waals surface area (Å²) >= 11 is 0. The number of nitrogens with one attached hydrogen (secondary N) is 1. The van der Waals surface area contributed by atoms with Crippen LogP contribution in [0.5, 0.6) is 11.5 Å². The second kappa shape index (κ2) is 7.85. The Balaban J connectivity index is 2.10. The number of rotatable bonds is 7. The van der Waals surface area contributed by atoms with Crippen molar-refractivity contribution < 1.29 is 24.2 Å². The van der Waals surface area contributed by atoms with E-state index in [4.69, 9.17) is 14.6 Å². The first kappa shape index (κ1) is 17.1. The summed E-state index contributed by atoms with van der Waals surface area (Å²) in [5.74, 6) is -0.395. The van der Waals surface area contributed by atoms with E-state index in [-0.39, 0.29) is 6.10 Å². The molecule has 0 aromatic heterocycles. The summed E-state index contributed by atoms with van der Waals surface area (Å²) in [5.41, 5.74) is 0.348. The van der Waals surface area contributed by atoms with Crippen LogP contribution in [0.25, 0.3) is 0 Å². The molecular weight excluding hydrogens is 298 g/mol. The highest BCUT2D eigenvalue weighted by Gasteiger charge is 2.21. The van der Waals surface area contributed by atoms with E-state index >= 15 is 0 Å². The number of benzene rings is 1. The van der Waals surface area contributed by atoms with Gasteiger partial charge in [-0.2, -0.15) is 0 Å². The molecule has 6 nitrogen and oxygen atoms in total. The molecule has 1 aromatic rings. The smallest absolute Gasteiger partial charge is 0.326 e. The molecule has 1 aliphatic rings. The minimum absolute atomic E-state index is 0.194. The van der Waals surface area contributed by atoms with Crippen molar-refractivity contribution >= 4 is 11.9 Å². The standard InChI is InChI=1S/C17H23NO5/c1-3-13(17(20)21)18-16(19)11-8-9-14(15(10-11)22-2)23-12-6-4-5-7-12/h8-10,12-13H,3-7H2,1-2H3,(H,18,19)(H,20,21). The summed E-state index contributed by atoms with van der Waals surface area (Å²) in [6.45, 7) is 1.71. The zero-order valence-corrected chi connectivity index (χ0v) is 13.5. The maximum Gasteiger partial charge on any atom is 0.326 e. The number of carbonyl (C=O) groups excluding carboxylic acids is 1. The van der Waals surface area contributed by atoms with E-state index < -0.39 is 17.9 Å². The van der Waals surface area contributed by atoms with Gasteiger partial charge in [0.05, 0.1) is 13.2 Å². The molecule has 2 rings (SSSR count). The zero-order valence-electron chi connectivity index (χ0n) is 13.5. The Morgan fingerprint density at radius 3 is 2.57 bits per heavy atom. The van der Waals surface area contributed by atoms with Crippen LogP contribution in [0, 0.1) is 0 Å². The van der Waals surface area contributed by atoms with Crippen molar-refractivity contribution in [3.63, 3.8) is 0 Å². The molecule has 1 atom stereocenters. The molecule has 126 valence electrons. The van der Waals surface area contributed by atoms with Crippen LogP contribution < -0.4 is 14.8 Å². The summed E-state index contributed by atoms with van der Waals surface area (Å²) in [7, 11) is 1.52. The fourth-order valence-electron chi connectivity index (χ4n) is 2.67.